The molecule has 1 heterocycles. The number of carbonyl (C=O) groups excluding carboxylic acids is 3. The van der Waals surface area contributed by atoms with Crippen LogP contribution in [0.1, 0.15) is 44.2 Å². The predicted molar refractivity (Wildman–Crippen MR) is 97.6 cm³/mol. The van der Waals surface area contributed by atoms with Crippen LogP contribution in [0, 0.1) is 0 Å². The Morgan fingerprint density at radius 3 is 2.37 bits per heavy atom. The summed E-state index contributed by atoms with van der Waals surface area (Å²) in [6, 6.07) is 5.29. The van der Waals surface area contributed by atoms with Crippen molar-refractivity contribution >= 4 is 27.7 Å². The van der Waals surface area contributed by atoms with Crippen LogP contribution in [0.25, 0.3) is 0 Å². The van der Waals surface area contributed by atoms with E-state index in [1.54, 1.807) is 19.1 Å². The highest BCUT2D eigenvalue weighted by Gasteiger charge is 2.52. The summed E-state index contributed by atoms with van der Waals surface area (Å²) in [6.45, 7) is 1.41. The predicted octanol–water partition coefficient (Wildman–Crippen LogP) is 1.13. The van der Waals surface area contributed by atoms with Gasteiger partial charge in [-0.3, -0.25) is 14.5 Å². The number of hydrogen-bond donors (Lipinski definition) is 2. The van der Waals surface area contributed by atoms with Gasteiger partial charge in [-0.05, 0) is 37.5 Å². The normalized spacial score (nSPS) is 20.0. The number of carbonyl (C=O) groups is 3. The van der Waals surface area contributed by atoms with Gasteiger partial charge < -0.3 is 10.6 Å². The van der Waals surface area contributed by atoms with Gasteiger partial charge in [-0.1, -0.05) is 25.0 Å². The van der Waals surface area contributed by atoms with E-state index >= 15 is 0 Å². The molecular formula is C18H23N3O5S. The second kappa shape index (κ2) is 6.95. The molecule has 1 saturated carbocycles. The van der Waals surface area contributed by atoms with Crippen LogP contribution in [0.3, 0.4) is 0 Å². The maximum atomic E-state index is 12.6. The molecule has 27 heavy (non-hydrogen) atoms. The maximum Gasteiger partial charge on any atom is 0.325 e. The van der Waals surface area contributed by atoms with E-state index in [0.717, 1.165) is 29.6 Å². The SMILES string of the molecule is C[C@H](NC(=O)CN1C(=O)NC2(CCCC2)C1=O)c1ccc(S(C)(=O)=O)cc1. The fourth-order valence-electron chi connectivity index (χ4n) is 3.65. The summed E-state index contributed by atoms with van der Waals surface area (Å²) in [5.41, 5.74) is -0.106. The van der Waals surface area contributed by atoms with Gasteiger partial charge in [-0.25, -0.2) is 13.2 Å². The second-order valence-electron chi connectivity index (χ2n) is 7.24. The van der Waals surface area contributed by atoms with Gasteiger partial charge in [-0.2, -0.15) is 0 Å². The van der Waals surface area contributed by atoms with Crippen molar-refractivity contribution in [2.45, 2.75) is 49.1 Å². The summed E-state index contributed by atoms with van der Waals surface area (Å²) < 4.78 is 23.0. The average molecular weight is 393 g/mol. The third-order valence-electron chi connectivity index (χ3n) is 5.19. The minimum absolute atomic E-state index is 0.200. The third-order valence-corrected chi connectivity index (χ3v) is 6.32. The van der Waals surface area contributed by atoms with Gasteiger partial charge in [0.1, 0.15) is 12.1 Å². The molecule has 9 heteroatoms. The van der Waals surface area contributed by atoms with E-state index in [2.05, 4.69) is 10.6 Å². The Hall–Kier alpha value is -2.42. The molecule has 1 saturated heterocycles. The van der Waals surface area contributed by atoms with E-state index in [0.29, 0.717) is 12.8 Å². The van der Waals surface area contributed by atoms with E-state index in [1.807, 2.05) is 0 Å². The van der Waals surface area contributed by atoms with Gasteiger partial charge in [0.05, 0.1) is 10.9 Å². The standard InChI is InChI=1S/C18H23N3O5S/c1-12(13-5-7-14(8-6-13)27(2,25)26)19-15(22)11-21-16(23)18(20-17(21)24)9-3-4-10-18/h5-8,12H,3-4,9-11H2,1-2H3,(H,19,22)(H,20,24)/t12-/m0/s1. The monoisotopic (exact) mass is 393 g/mol. The molecule has 0 aromatic heterocycles. The highest BCUT2D eigenvalue weighted by molar-refractivity contribution is 7.90. The average Bonchev–Trinajstić information content (AvgIpc) is 3.15. The lowest BCUT2D eigenvalue weighted by Gasteiger charge is -2.20. The molecule has 3 rings (SSSR count). The Morgan fingerprint density at radius 1 is 1.22 bits per heavy atom. The molecule has 2 aliphatic rings. The molecule has 1 aromatic carbocycles. The van der Waals surface area contributed by atoms with Crippen molar-refractivity contribution in [1.82, 2.24) is 15.5 Å². The first kappa shape index (κ1) is 19.3. The summed E-state index contributed by atoms with van der Waals surface area (Å²) in [4.78, 5) is 38.2. The molecule has 1 atom stereocenters. The fraction of sp³-hybridized carbons (Fsp3) is 0.500. The molecule has 2 fully saturated rings. The lowest BCUT2D eigenvalue weighted by Crippen LogP contribution is -2.45. The minimum Gasteiger partial charge on any atom is -0.348 e. The van der Waals surface area contributed by atoms with E-state index in [-0.39, 0.29) is 17.3 Å². The van der Waals surface area contributed by atoms with Gasteiger partial charge in [0.25, 0.3) is 5.91 Å². The van der Waals surface area contributed by atoms with Crippen LogP contribution >= 0.6 is 0 Å². The number of benzene rings is 1. The molecule has 146 valence electrons. The number of amides is 4. The topological polar surface area (TPSA) is 113 Å². The van der Waals surface area contributed by atoms with Gasteiger partial charge in [0, 0.05) is 6.26 Å². The van der Waals surface area contributed by atoms with Gasteiger partial charge in [0.15, 0.2) is 9.84 Å². The van der Waals surface area contributed by atoms with Crippen LogP contribution in [-0.4, -0.2) is 49.5 Å². The minimum atomic E-state index is -3.28. The third kappa shape index (κ3) is 3.83. The Labute approximate surface area is 158 Å². The molecule has 8 nitrogen and oxygen atoms in total. The van der Waals surface area contributed by atoms with Crippen molar-refractivity contribution in [2.24, 2.45) is 0 Å². The van der Waals surface area contributed by atoms with Crippen LogP contribution in [0.2, 0.25) is 0 Å². The zero-order chi connectivity index (χ0) is 19.8. The largest absolute Gasteiger partial charge is 0.348 e. The van der Waals surface area contributed by atoms with Crippen molar-refractivity contribution in [3.63, 3.8) is 0 Å². The second-order valence-corrected chi connectivity index (χ2v) is 9.26. The molecule has 0 radical (unpaired) electrons. The Bertz CT molecular complexity index is 873. The molecule has 1 spiro atoms. The van der Waals surface area contributed by atoms with E-state index in [9.17, 15) is 22.8 Å². The summed E-state index contributed by atoms with van der Waals surface area (Å²) in [7, 11) is -3.28. The number of nitrogens with zero attached hydrogens (tertiary/aromatic N) is 1. The van der Waals surface area contributed by atoms with E-state index < -0.39 is 33.4 Å². The van der Waals surface area contributed by atoms with Crippen molar-refractivity contribution < 1.29 is 22.8 Å². The molecule has 2 N–H and O–H groups in total. The van der Waals surface area contributed by atoms with Crippen molar-refractivity contribution in [2.75, 3.05) is 12.8 Å². The number of nitrogens with one attached hydrogen (secondary N) is 2. The zero-order valence-electron chi connectivity index (χ0n) is 15.3. The summed E-state index contributed by atoms with van der Waals surface area (Å²) in [6.07, 6.45) is 4.11. The maximum absolute atomic E-state index is 12.6. The summed E-state index contributed by atoms with van der Waals surface area (Å²) >= 11 is 0. The molecule has 1 aliphatic heterocycles. The smallest absolute Gasteiger partial charge is 0.325 e. The Balaban J connectivity index is 1.62. The lowest BCUT2D eigenvalue weighted by molar-refractivity contribution is -0.135. The van der Waals surface area contributed by atoms with Crippen molar-refractivity contribution in [1.29, 1.82) is 0 Å². The molecule has 1 aromatic rings. The number of hydrogen-bond acceptors (Lipinski definition) is 5. The van der Waals surface area contributed by atoms with Crippen molar-refractivity contribution in [3.05, 3.63) is 29.8 Å². The number of urea groups is 1. The number of sulfone groups is 1. The summed E-state index contributed by atoms with van der Waals surface area (Å²) in [5.74, 6) is -0.779. The fourth-order valence-corrected chi connectivity index (χ4v) is 4.29. The highest BCUT2D eigenvalue weighted by atomic mass is 32.2. The van der Waals surface area contributed by atoms with Crippen LogP contribution in [-0.2, 0) is 19.4 Å². The van der Waals surface area contributed by atoms with Gasteiger partial charge >= 0.3 is 6.03 Å². The summed E-state index contributed by atoms with van der Waals surface area (Å²) in [5, 5.41) is 5.48. The van der Waals surface area contributed by atoms with Gasteiger partial charge in [-0.15, -0.1) is 0 Å². The highest BCUT2D eigenvalue weighted by Crippen LogP contribution is 2.34. The molecule has 1 aliphatic carbocycles. The number of imide groups is 1. The van der Waals surface area contributed by atoms with E-state index in [1.165, 1.54) is 12.1 Å². The van der Waals surface area contributed by atoms with E-state index in [4.69, 9.17) is 0 Å². The van der Waals surface area contributed by atoms with Crippen molar-refractivity contribution in [3.8, 4) is 0 Å². The number of rotatable bonds is 5. The first-order valence-corrected chi connectivity index (χ1v) is 10.7. The first-order chi connectivity index (χ1) is 12.6. The molecule has 4 amide bonds. The lowest BCUT2D eigenvalue weighted by atomic mass is 9.98. The molecule has 0 unspecified atom stereocenters. The van der Waals surface area contributed by atoms with Crippen LogP contribution < -0.4 is 10.6 Å². The Kier molecular flexibility index (Phi) is 4.98. The van der Waals surface area contributed by atoms with Crippen LogP contribution in [0.4, 0.5) is 4.79 Å². The first-order valence-electron chi connectivity index (χ1n) is 8.86. The molecular weight excluding hydrogens is 370 g/mol. The quantitative estimate of drug-likeness (QED) is 0.728. The van der Waals surface area contributed by atoms with Gasteiger partial charge in [0.2, 0.25) is 5.91 Å². The Morgan fingerprint density at radius 2 is 1.81 bits per heavy atom. The van der Waals surface area contributed by atoms with Crippen LogP contribution in [0.15, 0.2) is 29.2 Å². The molecule has 0 bridgehead atoms. The van der Waals surface area contributed by atoms with Crippen LogP contribution in [0.5, 0.6) is 0 Å². The zero-order valence-corrected chi connectivity index (χ0v) is 16.1.